The maximum absolute atomic E-state index is 12.9. The number of aromatic nitrogens is 1. The zero-order chi connectivity index (χ0) is 23.9. The van der Waals surface area contributed by atoms with Gasteiger partial charge in [0.1, 0.15) is 0 Å². The monoisotopic (exact) mass is 455 g/mol. The van der Waals surface area contributed by atoms with Gasteiger partial charge < -0.3 is 9.47 Å². The van der Waals surface area contributed by atoms with Gasteiger partial charge in [0, 0.05) is 18.0 Å². The van der Waals surface area contributed by atoms with E-state index in [1.165, 1.54) is 4.57 Å². The molecule has 33 heavy (non-hydrogen) atoms. The van der Waals surface area contributed by atoms with Gasteiger partial charge >= 0.3 is 11.9 Å². The van der Waals surface area contributed by atoms with E-state index in [1.807, 2.05) is 6.07 Å². The summed E-state index contributed by atoms with van der Waals surface area (Å²) in [6, 6.07) is 8.90. The van der Waals surface area contributed by atoms with Crippen LogP contribution < -0.4 is 0 Å². The van der Waals surface area contributed by atoms with Crippen molar-refractivity contribution in [2.24, 2.45) is 0 Å². The van der Waals surface area contributed by atoms with Gasteiger partial charge in [-0.05, 0) is 36.1 Å². The van der Waals surface area contributed by atoms with Gasteiger partial charge in [0.25, 0.3) is 5.91 Å². The van der Waals surface area contributed by atoms with E-state index in [0.29, 0.717) is 29.9 Å². The molecule has 0 aliphatic rings. The number of hydrogen-bond acceptors (Lipinski definition) is 5. The molecule has 1 aromatic carbocycles. The number of benzene rings is 1. The van der Waals surface area contributed by atoms with Gasteiger partial charge in [-0.3, -0.25) is 19.0 Å². The standard InChI is InChI=1S/C27H37NO5/c1-3-5-7-12-16-32-25(29)18-23-20-28(27(31)22-14-10-9-11-15-22)21-24(23)19-26(30)33-17-13-8-6-4-2/h9-11,14-15,20-21H,3-8,12-13,16-19H2,1-2H3. The highest BCUT2D eigenvalue weighted by molar-refractivity contribution is 5.96. The second-order valence-corrected chi connectivity index (χ2v) is 8.30. The van der Waals surface area contributed by atoms with Crippen molar-refractivity contribution in [3.05, 3.63) is 59.4 Å². The fraction of sp³-hybridized carbons (Fsp3) is 0.519. The Balaban J connectivity index is 2.04. The predicted molar refractivity (Wildman–Crippen MR) is 128 cm³/mol. The van der Waals surface area contributed by atoms with Crippen LogP contribution in [0, 0.1) is 0 Å². The van der Waals surface area contributed by atoms with Crippen LogP contribution in [-0.2, 0) is 31.9 Å². The van der Waals surface area contributed by atoms with Gasteiger partial charge in [0.2, 0.25) is 0 Å². The van der Waals surface area contributed by atoms with Gasteiger partial charge in [0.15, 0.2) is 0 Å². The van der Waals surface area contributed by atoms with Gasteiger partial charge in [-0.15, -0.1) is 0 Å². The number of nitrogens with zero attached hydrogens (tertiary/aromatic N) is 1. The molecule has 0 aliphatic carbocycles. The zero-order valence-electron chi connectivity index (χ0n) is 20.0. The van der Waals surface area contributed by atoms with Crippen LogP contribution >= 0.6 is 0 Å². The lowest BCUT2D eigenvalue weighted by Crippen LogP contribution is -2.13. The summed E-state index contributed by atoms with van der Waals surface area (Å²) >= 11 is 0. The first-order chi connectivity index (χ1) is 16.0. The van der Waals surface area contributed by atoms with E-state index in [9.17, 15) is 14.4 Å². The summed E-state index contributed by atoms with van der Waals surface area (Å²) in [6.07, 6.45) is 11.5. The van der Waals surface area contributed by atoms with Crippen molar-refractivity contribution in [2.45, 2.75) is 78.1 Å². The van der Waals surface area contributed by atoms with Crippen molar-refractivity contribution >= 4 is 17.8 Å². The molecule has 0 atom stereocenters. The summed E-state index contributed by atoms with van der Waals surface area (Å²) in [5.74, 6) is -0.930. The van der Waals surface area contributed by atoms with E-state index in [-0.39, 0.29) is 30.7 Å². The van der Waals surface area contributed by atoms with Gasteiger partial charge in [-0.1, -0.05) is 70.6 Å². The molecule has 0 unspecified atom stereocenters. The molecule has 6 nitrogen and oxygen atoms in total. The molecule has 2 aromatic rings. The van der Waals surface area contributed by atoms with Crippen LogP contribution in [0.1, 0.15) is 86.7 Å². The third-order valence-corrected chi connectivity index (χ3v) is 5.45. The predicted octanol–water partition coefficient (Wildman–Crippen LogP) is 5.51. The van der Waals surface area contributed by atoms with Gasteiger partial charge in [0.05, 0.1) is 26.1 Å². The Bertz CT molecular complexity index is 826. The Morgan fingerprint density at radius 1 is 0.697 bits per heavy atom. The lowest BCUT2D eigenvalue weighted by Gasteiger charge is -2.07. The quantitative estimate of drug-likeness (QED) is 0.261. The van der Waals surface area contributed by atoms with Crippen LogP contribution in [0.2, 0.25) is 0 Å². The van der Waals surface area contributed by atoms with E-state index in [2.05, 4.69) is 13.8 Å². The summed E-state index contributed by atoms with van der Waals surface area (Å²) in [7, 11) is 0. The van der Waals surface area contributed by atoms with Crippen LogP contribution in [-0.4, -0.2) is 35.6 Å². The van der Waals surface area contributed by atoms with Crippen LogP contribution in [0.5, 0.6) is 0 Å². The molecule has 0 amide bonds. The average molecular weight is 456 g/mol. The molecule has 0 fully saturated rings. The number of carbonyl (C=O) groups is 3. The maximum atomic E-state index is 12.9. The molecule has 0 spiro atoms. The van der Waals surface area contributed by atoms with E-state index in [4.69, 9.17) is 9.47 Å². The smallest absolute Gasteiger partial charge is 0.310 e. The summed E-state index contributed by atoms with van der Waals surface area (Å²) in [5.41, 5.74) is 1.75. The second kappa shape index (κ2) is 15.0. The number of esters is 2. The minimum Gasteiger partial charge on any atom is -0.465 e. The van der Waals surface area contributed by atoms with Gasteiger partial charge in [-0.2, -0.15) is 0 Å². The number of carbonyl (C=O) groups excluding carboxylic acids is 3. The highest BCUT2D eigenvalue weighted by atomic mass is 16.5. The molecule has 0 saturated carbocycles. The molecule has 0 bridgehead atoms. The van der Waals surface area contributed by atoms with E-state index in [1.54, 1.807) is 36.7 Å². The fourth-order valence-corrected chi connectivity index (χ4v) is 3.55. The fourth-order valence-electron chi connectivity index (χ4n) is 3.55. The summed E-state index contributed by atoms with van der Waals surface area (Å²) < 4.78 is 12.2. The lowest BCUT2D eigenvalue weighted by atomic mass is 10.1. The van der Waals surface area contributed by atoms with Crippen molar-refractivity contribution in [1.29, 1.82) is 0 Å². The van der Waals surface area contributed by atoms with Crippen LogP contribution in [0.4, 0.5) is 0 Å². The zero-order valence-corrected chi connectivity index (χ0v) is 20.0. The van der Waals surface area contributed by atoms with Crippen LogP contribution in [0.3, 0.4) is 0 Å². The second-order valence-electron chi connectivity index (χ2n) is 8.30. The molecule has 2 rings (SSSR count). The van der Waals surface area contributed by atoms with E-state index < -0.39 is 0 Å². The molecule has 0 aliphatic heterocycles. The maximum Gasteiger partial charge on any atom is 0.310 e. The Morgan fingerprint density at radius 3 is 1.64 bits per heavy atom. The molecule has 180 valence electrons. The highest BCUT2D eigenvalue weighted by Crippen LogP contribution is 2.16. The van der Waals surface area contributed by atoms with Crippen molar-refractivity contribution < 1.29 is 23.9 Å². The topological polar surface area (TPSA) is 74.6 Å². The summed E-state index contributed by atoms with van der Waals surface area (Å²) in [4.78, 5) is 37.6. The average Bonchev–Trinajstić information content (AvgIpc) is 3.20. The van der Waals surface area contributed by atoms with Crippen molar-refractivity contribution in [2.75, 3.05) is 13.2 Å². The van der Waals surface area contributed by atoms with Crippen LogP contribution in [0.25, 0.3) is 0 Å². The first-order valence-electron chi connectivity index (χ1n) is 12.2. The minimum atomic E-state index is -0.356. The molecule has 0 N–H and O–H groups in total. The Hall–Kier alpha value is -2.89. The third-order valence-electron chi connectivity index (χ3n) is 5.45. The molecular formula is C27H37NO5. The largest absolute Gasteiger partial charge is 0.465 e. The number of ether oxygens (including phenoxy) is 2. The Morgan fingerprint density at radius 2 is 1.18 bits per heavy atom. The number of unbranched alkanes of at least 4 members (excludes halogenated alkanes) is 6. The molecule has 1 aromatic heterocycles. The molecule has 0 saturated heterocycles. The van der Waals surface area contributed by atoms with E-state index >= 15 is 0 Å². The number of rotatable bonds is 15. The molecule has 6 heteroatoms. The lowest BCUT2D eigenvalue weighted by molar-refractivity contribution is -0.144. The summed E-state index contributed by atoms with van der Waals surface area (Å²) in [6.45, 7) is 5.03. The molecular weight excluding hydrogens is 418 g/mol. The number of hydrogen-bond donors (Lipinski definition) is 0. The SMILES string of the molecule is CCCCCCOC(=O)Cc1cn(C(=O)c2ccccc2)cc1CC(=O)OCCCCCC. The third kappa shape index (κ3) is 9.64. The Labute approximate surface area is 197 Å². The summed E-state index contributed by atoms with van der Waals surface area (Å²) in [5, 5.41) is 0. The van der Waals surface area contributed by atoms with Gasteiger partial charge in [-0.25, -0.2) is 0 Å². The minimum absolute atomic E-state index is 0.0158. The first-order valence-corrected chi connectivity index (χ1v) is 12.2. The van der Waals surface area contributed by atoms with Crippen molar-refractivity contribution in [3.8, 4) is 0 Å². The molecule has 0 radical (unpaired) electrons. The molecule has 1 heterocycles. The first kappa shape index (κ1) is 26.4. The van der Waals surface area contributed by atoms with Crippen molar-refractivity contribution in [3.63, 3.8) is 0 Å². The van der Waals surface area contributed by atoms with E-state index in [0.717, 1.165) is 51.4 Å². The van der Waals surface area contributed by atoms with Crippen molar-refractivity contribution in [1.82, 2.24) is 4.57 Å². The normalized spacial score (nSPS) is 10.7. The highest BCUT2D eigenvalue weighted by Gasteiger charge is 2.18. The Kier molecular flexibility index (Phi) is 12.0. The van der Waals surface area contributed by atoms with Crippen LogP contribution in [0.15, 0.2) is 42.7 Å².